The molecule has 2 amide bonds. The second kappa shape index (κ2) is 18.2. The summed E-state index contributed by atoms with van der Waals surface area (Å²) in [5.41, 5.74) is 0.538. The number of carbonyl (C=O) groups is 3. The Hall–Kier alpha value is -3.23. The van der Waals surface area contributed by atoms with E-state index in [-0.39, 0.29) is 42.8 Å². The molecule has 0 atom stereocenters. The van der Waals surface area contributed by atoms with Gasteiger partial charge in [0.2, 0.25) is 0 Å². The molecule has 1 saturated heterocycles. The van der Waals surface area contributed by atoms with Crippen molar-refractivity contribution in [3.8, 4) is 11.5 Å². The van der Waals surface area contributed by atoms with Gasteiger partial charge < -0.3 is 23.8 Å². The molecule has 0 unspecified atom stereocenters. The zero-order chi connectivity index (χ0) is 25.9. The third kappa shape index (κ3) is 10.1. The van der Waals surface area contributed by atoms with Crippen molar-refractivity contribution >= 4 is 23.7 Å². The molecule has 0 radical (unpaired) electrons. The highest BCUT2D eigenvalue weighted by atomic mass is 16.5. The molecule has 192 valence electrons. The van der Waals surface area contributed by atoms with Gasteiger partial charge in [-0.05, 0) is 25.3 Å². The predicted molar refractivity (Wildman–Crippen MR) is 133 cm³/mol. The van der Waals surface area contributed by atoms with Gasteiger partial charge in [-0.3, -0.25) is 14.9 Å². The summed E-state index contributed by atoms with van der Waals surface area (Å²) in [5, 5.41) is 2.59. The Labute approximate surface area is 203 Å². The van der Waals surface area contributed by atoms with Gasteiger partial charge in [0, 0.05) is 25.6 Å². The average Bonchev–Trinajstić information content (AvgIpc) is 3.42. The van der Waals surface area contributed by atoms with Crippen LogP contribution in [0.15, 0.2) is 24.8 Å². The summed E-state index contributed by atoms with van der Waals surface area (Å²) in [6.45, 7) is 13.1. The molecular formula is C25H40N2O7. The number of benzene rings is 1. The van der Waals surface area contributed by atoms with Gasteiger partial charge in [-0.25, -0.2) is 4.79 Å². The summed E-state index contributed by atoms with van der Waals surface area (Å²) in [4.78, 5) is 38.0. The van der Waals surface area contributed by atoms with Crippen molar-refractivity contribution in [1.29, 1.82) is 0 Å². The van der Waals surface area contributed by atoms with Crippen LogP contribution < -0.4 is 14.8 Å². The predicted octanol–water partition coefficient (Wildman–Crippen LogP) is 5.05. The van der Waals surface area contributed by atoms with E-state index in [1.54, 1.807) is 11.0 Å². The standard InChI is InChI=1S/C21H28N2O7.2C2H6/c1-4-11-30-21(26)22-16-14-18(29-12-7-8-19(24)28-3)17(27-2)13-15(16)20(25)23-9-5-6-10-23;2*1-2/h4,13-14H,1,5-12H2,2-3H3,(H,22,26);2*1-2H3. The second-order valence-corrected chi connectivity index (χ2v) is 6.59. The molecule has 0 aliphatic carbocycles. The Balaban J connectivity index is 0.00000258. The molecule has 0 aromatic heterocycles. The highest BCUT2D eigenvalue weighted by Crippen LogP contribution is 2.35. The number of carbonyl (C=O) groups excluding carboxylic acids is 3. The number of likely N-dealkylation sites (tertiary alicyclic amines) is 1. The van der Waals surface area contributed by atoms with E-state index in [1.165, 1.54) is 26.4 Å². The Morgan fingerprint density at radius 3 is 2.26 bits per heavy atom. The van der Waals surface area contributed by atoms with Gasteiger partial charge in [-0.1, -0.05) is 40.3 Å². The fraction of sp³-hybridized carbons (Fsp3) is 0.560. The smallest absolute Gasteiger partial charge is 0.411 e. The lowest BCUT2D eigenvalue weighted by Crippen LogP contribution is -2.29. The minimum absolute atomic E-state index is 0.0360. The number of anilines is 1. The van der Waals surface area contributed by atoms with E-state index in [4.69, 9.17) is 14.2 Å². The molecule has 9 heteroatoms. The largest absolute Gasteiger partial charge is 0.493 e. The van der Waals surface area contributed by atoms with Crippen LogP contribution in [-0.4, -0.2) is 63.4 Å². The molecule has 1 heterocycles. The quantitative estimate of drug-likeness (QED) is 0.284. The topological polar surface area (TPSA) is 103 Å². The number of nitrogens with zero attached hydrogens (tertiary/aromatic N) is 1. The van der Waals surface area contributed by atoms with E-state index < -0.39 is 6.09 Å². The van der Waals surface area contributed by atoms with Crippen molar-refractivity contribution in [1.82, 2.24) is 4.90 Å². The van der Waals surface area contributed by atoms with E-state index >= 15 is 0 Å². The van der Waals surface area contributed by atoms with Gasteiger partial charge >= 0.3 is 12.1 Å². The number of methoxy groups -OCH3 is 2. The molecule has 1 aromatic rings. The van der Waals surface area contributed by atoms with E-state index in [9.17, 15) is 14.4 Å². The maximum absolute atomic E-state index is 13.0. The fourth-order valence-corrected chi connectivity index (χ4v) is 2.98. The van der Waals surface area contributed by atoms with Crippen molar-refractivity contribution in [2.45, 2.75) is 53.4 Å². The van der Waals surface area contributed by atoms with Crippen molar-refractivity contribution in [3.63, 3.8) is 0 Å². The van der Waals surface area contributed by atoms with Crippen molar-refractivity contribution in [2.75, 3.05) is 45.8 Å². The lowest BCUT2D eigenvalue weighted by Gasteiger charge is -2.20. The Morgan fingerprint density at radius 1 is 1.06 bits per heavy atom. The molecule has 1 aromatic carbocycles. The number of esters is 1. The normalized spacial score (nSPS) is 11.6. The van der Waals surface area contributed by atoms with Crippen LogP contribution >= 0.6 is 0 Å². The molecule has 1 N–H and O–H groups in total. The van der Waals surface area contributed by atoms with E-state index in [1.807, 2.05) is 27.7 Å². The molecule has 1 aliphatic rings. The molecule has 1 fully saturated rings. The van der Waals surface area contributed by atoms with E-state index in [0.717, 1.165) is 12.8 Å². The SMILES string of the molecule is C=CCOC(=O)Nc1cc(OCCCC(=O)OC)c(OC)cc1C(=O)N1CCCC1.CC.CC. The molecular weight excluding hydrogens is 440 g/mol. The maximum atomic E-state index is 13.0. The van der Waals surface area contributed by atoms with Crippen LogP contribution in [0.2, 0.25) is 0 Å². The zero-order valence-corrected chi connectivity index (χ0v) is 21.4. The first-order valence-electron chi connectivity index (χ1n) is 11.8. The van der Waals surface area contributed by atoms with Crippen molar-refractivity contribution < 1.29 is 33.3 Å². The van der Waals surface area contributed by atoms with E-state index in [0.29, 0.717) is 31.0 Å². The first-order chi connectivity index (χ1) is 16.5. The molecule has 9 nitrogen and oxygen atoms in total. The summed E-state index contributed by atoms with van der Waals surface area (Å²) in [6, 6.07) is 3.06. The van der Waals surface area contributed by atoms with Gasteiger partial charge in [0.05, 0.1) is 32.1 Å². The summed E-state index contributed by atoms with van der Waals surface area (Å²) in [5.74, 6) is 0.145. The number of hydrogen-bond acceptors (Lipinski definition) is 7. The number of hydrogen-bond donors (Lipinski definition) is 1. The highest BCUT2D eigenvalue weighted by Gasteiger charge is 2.25. The van der Waals surface area contributed by atoms with Crippen LogP contribution in [-0.2, 0) is 14.3 Å². The minimum atomic E-state index is -0.716. The van der Waals surface area contributed by atoms with Gasteiger partial charge in [0.25, 0.3) is 5.91 Å². The fourth-order valence-electron chi connectivity index (χ4n) is 2.98. The molecule has 0 spiro atoms. The number of rotatable bonds is 10. The summed E-state index contributed by atoms with van der Waals surface area (Å²) >= 11 is 0. The number of amides is 2. The number of nitrogens with one attached hydrogen (secondary N) is 1. The highest BCUT2D eigenvalue weighted by molar-refractivity contribution is 6.03. The lowest BCUT2D eigenvalue weighted by molar-refractivity contribution is -0.140. The van der Waals surface area contributed by atoms with Crippen LogP contribution in [0.3, 0.4) is 0 Å². The Morgan fingerprint density at radius 2 is 1.71 bits per heavy atom. The zero-order valence-electron chi connectivity index (χ0n) is 21.4. The van der Waals surface area contributed by atoms with E-state index in [2.05, 4.69) is 16.6 Å². The monoisotopic (exact) mass is 480 g/mol. The van der Waals surface area contributed by atoms with Crippen LogP contribution in [0, 0.1) is 0 Å². The minimum Gasteiger partial charge on any atom is -0.493 e. The Bertz CT molecular complexity index is 775. The molecule has 0 bridgehead atoms. The van der Waals surface area contributed by atoms with Gasteiger partial charge in [0.15, 0.2) is 11.5 Å². The first kappa shape index (κ1) is 30.8. The summed E-state index contributed by atoms with van der Waals surface area (Å²) < 4.78 is 20.7. The molecule has 34 heavy (non-hydrogen) atoms. The second-order valence-electron chi connectivity index (χ2n) is 6.59. The van der Waals surface area contributed by atoms with Gasteiger partial charge in [-0.15, -0.1) is 0 Å². The van der Waals surface area contributed by atoms with Crippen LogP contribution in [0.5, 0.6) is 11.5 Å². The van der Waals surface area contributed by atoms with Crippen LogP contribution in [0.4, 0.5) is 10.5 Å². The molecule has 0 saturated carbocycles. The van der Waals surface area contributed by atoms with Gasteiger partial charge in [-0.2, -0.15) is 0 Å². The number of ether oxygens (including phenoxy) is 4. The third-order valence-corrected chi connectivity index (χ3v) is 4.51. The van der Waals surface area contributed by atoms with Crippen LogP contribution in [0.25, 0.3) is 0 Å². The third-order valence-electron chi connectivity index (χ3n) is 4.51. The van der Waals surface area contributed by atoms with Crippen LogP contribution in [0.1, 0.15) is 63.7 Å². The first-order valence-corrected chi connectivity index (χ1v) is 11.8. The Kier molecular flexibility index (Phi) is 16.5. The summed E-state index contributed by atoms with van der Waals surface area (Å²) in [7, 11) is 2.79. The average molecular weight is 481 g/mol. The molecule has 2 rings (SSSR count). The van der Waals surface area contributed by atoms with Gasteiger partial charge in [0.1, 0.15) is 6.61 Å². The van der Waals surface area contributed by atoms with Crippen molar-refractivity contribution in [2.24, 2.45) is 0 Å². The van der Waals surface area contributed by atoms with Crippen molar-refractivity contribution in [3.05, 3.63) is 30.4 Å². The lowest BCUT2D eigenvalue weighted by atomic mass is 10.1. The maximum Gasteiger partial charge on any atom is 0.411 e. The summed E-state index contributed by atoms with van der Waals surface area (Å²) in [6.07, 6.45) is 3.26. The molecule has 1 aliphatic heterocycles.